The first kappa shape index (κ1) is 16.8. The Morgan fingerprint density at radius 2 is 1.46 bits per heavy atom. The molecule has 2 aromatic heterocycles. The van der Waals surface area contributed by atoms with Gasteiger partial charge in [-0.1, -0.05) is 0 Å². The molecule has 0 atom stereocenters. The predicted molar refractivity (Wildman–Crippen MR) is 98.6 cm³/mol. The van der Waals surface area contributed by atoms with Crippen LogP contribution in [0.25, 0.3) is 0 Å². The van der Waals surface area contributed by atoms with E-state index in [4.69, 9.17) is 4.42 Å². The second kappa shape index (κ2) is 7.33. The molecule has 8 heteroatoms. The molecule has 0 unspecified atom stereocenters. The average Bonchev–Trinajstić information content (AvgIpc) is 3.23. The van der Waals surface area contributed by atoms with Gasteiger partial charge >= 0.3 is 0 Å². The van der Waals surface area contributed by atoms with Gasteiger partial charge in [0.05, 0.1) is 6.26 Å². The summed E-state index contributed by atoms with van der Waals surface area (Å²) >= 11 is 0. The van der Waals surface area contributed by atoms with Crippen molar-refractivity contribution in [3.8, 4) is 0 Å². The summed E-state index contributed by atoms with van der Waals surface area (Å²) in [6.07, 6.45) is 1.53. The fourth-order valence-electron chi connectivity index (χ4n) is 3.39. The van der Waals surface area contributed by atoms with Gasteiger partial charge in [0, 0.05) is 52.4 Å². The molecule has 2 aliphatic rings. The van der Waals surface area contributed by atoms with Crippen molar-refractivity contribution in [2.45, 2.75) is 0 Å². The molecule has 2 aliphatic heterocycles. The van der Waals surface area contributed by atoms with Gasteiger partial charge in [0.1, 0.15) is 0 Å². The number of nitrogens with zero attached hydrogens (tertiary/aromatic N) is 6. The summed E-state index contributed by atoms with van der Waals surface area (Å²) in [5, 5.41) is 8.83. The average molecular weight is 356 g/mol. The lowest BCUT2D eigenvalue weighted by Gasteiger charge is -2.35. The van der Waals surface area contributed by atoms with Gasteiger partial charge < -0.3 is 24.0 Å². The highest BCUT2D eigenvalue weighted by molar-refractivity contribution is 5.91. The van der Waals surface area contributed by atoms with Gasteiger partial charge in [-0.15, -0.1) is 10.2 Å². The molecule has 0 spiro atoms. The van der Waals surface area contributed by atoms with Gasteiger partial charge in [-0.25, -0.2) is 0 Å². The van der Waals surface area contributed by atoms with Crippen molar-refractivity contribution in [1.29, 1.82) is 0 Å². The van der Waals surface area contributed by atoms with Crippen molar-refractivity contribution in [3.63, 3.8) is 0 Å². The minimum atomic E-state index is -0.0499. The molecule has 0 aliphatic carbocycles. The molecule has 2 saturated heterocycles. The maximum absolute atomic E-state index is 12.3. The van der Waals surface area contributed by atoms with Crippen molar-refractivity contribution in [2.24, 2.45) is 0 Å². The van der Waals surface area contributed by atoms with E-state index in [9.17, 15) is 4.79 Å². The molecular weight excluding hydrogens is 332 g/mol. The van der Waals surface area contributed by atoms with E-state index < -0.39 is 0 Å². The summed E-state index contributed by atoms with van der Waals surface area (Å²) in [4.78, 5) is 20.9. The minimum absolute atomic E-state index is 0.0499. The summed E-state index contributed by atoms with van der Waals surface area (Å²) in [5.41, 5.74) is 0. The number of carbonyl (C=O) groups is 1. The zero-order valence-electron chi connectivity index (χ0n) is 15.0. The van der Waals surface area contributed by atoms with Crippen molar-refractivity contribution >= 4 is 17.5 Å². The van der Waals surface area contributed by atoms with Crippen LogP contribution in [0.5, 0.6) is 0 Å². The van der Waals surface area contributed by atoms with Crippen LogP contribution in [0.4, 0.5) is 11.6 Å². The fourth-order valence-corrected chi connectivity index (χ4v) is 3.39. The summed E-state index contributed by atoms with van der Waals surface area (Å²) in [6.45, 7) is 6.87. The van der Waals surface area contributed by atoms with E-state index in [1.54, 1.807) is 12.1 Å². The Hall–Kier alpha value is -2.61. The van der Waals surface area contributed by atoms with Gasteiger partial charge in [-0.05, 0) is 31.3 Å². The third-order valence-electron chi connectivity index (χ3n) is 5.09. The molecule has 4 heterocycles. The molecule has 2 aromatic rings. The van der Waals surface area contributed by atoms with Crippen LogP contribution >= 0.6 is 0 Å². The molecule has 0 radical (unpaired) electrons. The van der Waals surface area contributed by atoms with Crippen molar-refractivity contribution in [1.82, 2.24) is 20.0 Å². The van der Waals surface area contributed by atoms with Crippen molar-refractivity contribution in [2.75, 3.05) is 69.2 Å². The Bertz CT molecular complexity index is 717. The number of likely N-dealkylation sites (N-methyl/N-ethyl adjacent to an activating group) is 1. The first-order valence-electron chi connectivity index (χ1n) is 9.06. The second-order valence-electron chi connectivity index (χ2n) is 6.80. The molecule has 2 fully saturated rings. The zero-order chi connectivity index (χ0) is 17.9. The Labute approximate surface area is 153 Å². The predicted octanol–water partition coefficient (Wildman–Crippen LogP) is 0.784. The van der Waals surface area contributed by atoms with Crippen molar-refractivity contribution < 1.29 is 9.21 Å². The molecule has 8 nitrogen and oxygen atoms in total. The highest BCUT2D eigenvalue weighted by Crippen LogP contribution is 2.18. The SMILES string of the molecule is CN1CCN(c2ccc(N3CCN(C(=O)c4ccco4)CC3)nn2)CC1. The summed E-state index contributed by atoms with van der Waals surface area (Å²) in [7, 11) is 2.14. The normalized spacial score (nSPS) is 19.0. The maximum Gasteiger partial charge on any atom is 0.289 e. The molecule has 0 N–H and O–H groups in total. The number of piperazine rings is 2. The monoisotopic (exact) mass is 356 g/mol. The molecular formula is C18H24N6O2. The largest absolute Gasteiger partial charge is 0.459 e. The topological polar surface area (TPSA) is 69.0 Å². The number of anilines is 2. The van der Waals surface area contributed by atoms with Crippen LogP contribution in [-0.4, -0.2) is 85.3 Å². The number of rotatable bonds is 3. The second-order valence-corrected chi connectivity index (χ2v) is 6.80. The third-order valence-corrected chi connectivity index (χ3v) is 5.09. The Kier molecular flexibility index (Phi) is 4.75. The van der Waals surface area contributed by atoms with E-state index in [1.165, 1.54) is 6.26 Å². The number of amides is 1. The lowest BCUT2D eigenvalue weighted by Crippen LogP contribution is -2.49. The van der Waals surface area contributed by atoms with Crippen molar-refractivity contribution in [3.05, 3.63) is 36.3 Å². The molecule has 138 valence electrons. The van der Waals surface area contributed by atoms with Gasteiger partial charge in [-0.2, -0.15) is 0 Å². The van der Waals surface area contributed by atoms with Crippen LogP contribution in [0.15, 0.2) is 34.9 Å². The van der Waals surface area contributed by atoms with Gasteiger partial charge in [-0.3, -0.25) is 4.79 Å². The highest BCUT2D eigenvalue weighted by atomic mass is 16.3. The lowest BCUT2D eigenvalue weighted by molar-refractivity contribution is 0.0714. The zero-order valence-corrected chi connectivity index (χ0v) is 15.0. The summed E-state index contributed by atoms with van der Waals surface area (Å²) < 4.78 is 5.20. The first-order valence-corrected chi connectivity index (χ1v) is 9.06. The van der Waals surface area contributed by atoms with Crippen LogP contribution in [0.1, 0.15) is 10.6 Å². The Balaban J connectivity index is 1.34. The summed E-state index contributed by atoms with van der Waals surface area (Å²) in [6, 6.07) is 7.52. The molecule has 1 amide bonds. The smallest absolute Gasteiger partial charge is 0.289 e. The summed E-state index contributed by atoms with van der Waals surface area (Å²) in [5.74, 6) is 2.15. The highest BCUT2D eigenvalue weighted by Gasteiger charge is 2.24. The van der Waals surface area contributed by atoms with Crippen LogP contribution in [0.2, 0.25) is 0 Å². The van der Waals surface area contributed by atoms with Crippen LogP contribution < -0.4 is 9.80 Å². The van der Waals surface area contributed by atoms with E-state index in [2.05, 4.69) is 31.9 Å². The lowest BCUT2D eigenvalue weighted by atomic mass is 10.2. The van der Waals surface area contributed by atoms with Gasteiger partial charge in [0.15, 0.2) is 17.4 Å². The molecule has 0 aromatic carbocycles. The van der Waals surface area contributed by atoms with Crippen LogP contribution in [-0.2, 0) is 0 Å². The van der Waals surface area contributed by atoms with Crippen LogP contribution in [0.3, 0.4) is 0 Å². The van der Waals surface area contributed by atoms with Crippen LogP contribution in [0, 0.1) is 0 Å². The molecule has 0 bridgehead atoms. The van der Waals surface area contributed by atoms with E-state index in [0.717, 1.165) is 50.9 Å². The number of hydrogen-bond acceptors (Lipinski definition) is 7. The van der Waals surface area contributed by atoms with E-state index in [1.807, 2.05) is 17.0 Å². The quantitative estimate of drug-likeness (QED) is 0.805. The third kappa shape index (κ3) is 3.50. The number of carbonyl (C=O) groups excluding carboxylic acids is 1. The standard InChI is InChI=1S/C18H24N6O2/c1-21-6-8-22(9-7-21)16-4-5-17(20-19-16)23-10-12-24(13-11-23)18(25)15-3-2-14-26-15/h2-5,14H,6-13H2,1H3. The van der Waals surface area contributed by atoms with Gasteiger partial charge in [0.2, 0.25) is 0 Å². The molecule has 4 rings (SSSR count). The number of aromatic nitrogens is 2. The molecule has 26 heavy (non-hydrogen) atoms. The number of hydrogen-bond donors (Lipinski definition) is 0. The minimum Gasteiger partial charge on any atom is -0.459 e. The number of furan rings is 1. The molecule has 0 saturated carbocycles. The fraction of sp³-hybridized carbons (Fsp3) is 0.500. The Morgan fingerprint density at radius 1 is 0.885 bits per heavy atom. The van der Waals surface area contributed by atoms with Gasteiger partial charge in [0.25, 0.3) is 5.91 Å². The van der Waals surface area contributed by atoms with E-state index >= 15 is 0 Å². The maximum atomic E-state index is 12.3. The van der Waals surface area contributed by atoms with E-state index in [-0.39, 0.29) is 5.91 Å². The first-order chi connectivity index (χ1) is 12.7. The van der Waals surface area contributed by atoms with E-state index in [0.29, 0.717) is 18.8 Å². The Morgan fingerprint density at radius 3 is 1.96 bits per heavy atom.